The Morgan fingerprint density at radius 1 is 1.24 bits per heavy atom. The molecule has 0 aliphatic heterocycles. The second-order valence-electron chi connectivity index (χ2n) is 7.82. The highest BCUT2D eigenvalue weighted by Crippen LogP contribution is 2.55. The average Bonchev–Trinajstić information content (AvgIpc) is 2.61. The second-order valence-corrected chi connectivity index (χ2v) is 7.82. The van der Waals surface area contributed by atoms with Crippen molar-refractivity contribution in [1.29, 1.82) is 0 Å². The van der Waals surface area contributed by atoms with Gasteiger partial charge in [0.2, 0.25) is 0 Å². The first kappa shape index (κ1) is 18.4. The Morgan fingerprint density at radius 2 is 1.92 bits per heavy atom. The lowest BCUT2D eigenvalue weighted by Gasteiger charge is -2.60. The molecular weight excluding hydrogens is 318 g/mol. The number of aryl methyl sites for hydroxylation is 1. The van der Waals surface area contributed by atoms with Crippen molar-refractivity contribution in [3.05, 3.63) is 32.6 Å². The smallest absolute Gasteiger partial charge is 0.330 e. The molecular formula is C19H31N3O3. The summed E-state index contributed by atoms with van der Waals surface area (Å²) in [7, 11) is 5.35. The average molecular weight is 349 g/mol. The van der Waals surface area contributed by atoms with E-state index in [1.807, 2.05) is 0 Å². The fourth-order valence-electron chi connectivity index (χ4n) is 5.02. The van der Waals surface area contributed by atoms with Crippen LogP contribution < -0.4 is 11.2 Å². The number of hydrogen-bond acceptors (Lipinski definition) is 4. The van der Waals surface area contributed by atoms with Crippen molar-refractivity contribution in [2.75, 3.05) is 13.7 Å². The molecule has 0 unspecified atom stereocenters. The predicted molar refractivity (Wildman–Crippen MR) is 97.7 cm³/mol. The number of nitrogens with zero attached hydrogens (tertiary/aromatic N) is 3. The molecule has 1 heterocycles. The predicted octanol–water partition coefficient (Wildman–Crippen LogP) is 1.64. The van der Waals surface area contributed by atoms with Crippen LogP contribution in [0.25, 0.3) is 0 Å². The van der Waals surface area contributed by atoms with Crippen LogP contribution in [0.1, 0.15) is 51.0 Å². The number of hydrogen-bond donors (Lipinski definition) is 0. The lowest BCUT2D eigenvalue weighted by atomic mass is 9.54. The van der Waals surface area contributed by atoms with Gasteiger partial charge < -0.3 is 9.30 Å². The summed E-state index contributed by atoms with van der Waals surface area (Å²) in [6.07, 6.45) is 9.39. The molecule has 2 saturated carbocycles. The Kier molecular flexibility index (Phi) is 5.21. The third-order valence-corrected chi connectivity index (χ3v) is 6.36. The fraction of sp³-hybridized carbons (Fsp3) is 0.789. The molecule has 0 N–H and O–H groups in total. The van der Waals surface area contributed by atoms with Crippen LogP contribution in [0.4, 0.5) is 0 Å². The zero-order valence-electron chi connectivity index (χ0n) is 16.0. The zero-order valence-corrected chi connectivity index (χ0v) is 16.0. The van der Waals surface area contributed by atoms with E-state index in [1.165, 1.54) is 41.2 Å². The third-order valence-electron chi connectivity index (χ3n) is 6.36. The molecule has 0 bridgehead atoms. The quantitative estimate of drug-likeness (QED) is 0.811. The molecule has 1 aromatic rings. The van der Waals surface area contributed by atoms with Crippen LogP contribution >= 0.6 is 0 Å². The molecule has 25 heavy (non-hydrogen) atoms. The molecule has 6 nitrogen and oxygen atoms in total. The van der Waals surface area contributed by atoms with Crippen molar-refractivity contribution in [2.45, 2.75) is 64.1 Å². The summed E-state index contributed by atoms with van der Waals surface area (Å²) in [6.45, 7) is 3.41. The maximum absolute atomic E-state index is 12.4. The van der Waals surface area contributed by atoms with Crippen molar-refractivity contribution < 1.29 is 4.74 Å². The Bertz CT molecular complexity index is 730. The van der Waals surface area contributed by atoms with Crippen LogP contribution in [-0.2, 0) is 25.4 Å². The van der Waals surface area contributed by atoms with E-state index in [4.69, 9.17) is 4.74 Å². The van der Waals surface area contributed by atoms with E-state index in [2.05, 4.69) is 18.9 Å². The number of rotatable bonds is 5. The SMILES string of the molecule is CCO[C@H]1C[C@H](N(C)Cc2cn(C)c(=O)n(C)c2=O)C12CCCCC2. The van der Waals surface area contributed by atoms with Gasteiger partial charge in [-0.15, -0.1) is 0 Å². The summed E-state index contributed by atoms with van der Waals surface area (Å²) >= 11 is 0. The van der Waals surface area contributed by atoms with E-state index in [9.17, 15) is 9.59 Å². The van der Waals surface area contributed by atoms with Gasteiger partial charge in [-0.3, -0.25) is 14.3 Å². The van der Waals surface area contributed by atoms with Gasteiger partial charge in [-0.2, -0.15) is 0 Å². The van der Waals surface area contributed by atoms with E-state index >= 15 is 0 Å². The van der Waals surface area contributed by atoms with Crippen LogP contribution in [-0.4, -0.2) is 39.8 Å². The topological polar surface area (TPSA) is 56.5 Å². The molecule has 0 saturated heterocycles. The fourth-order valence-corrected chi connectivity index (χ4v) is 5.02. The van der Waals surface area contributed by atoms with Gasteiger partial charge in [-0.25, -0.2) is 4.79 Å². The van der Waals surface area contributed by atoms with E-state index in [1.54, 1.807) is 20.3 Å². The van der Waals surface area contributed by atoms with E-state index in [0.29, 0.717) is 24.3 Å². The molecule has 0 aromatic carbocycles. The number of ether oxygens (including phenoxy) is 1. The summed E-state index contributed by atoms with van der Waals surface area (Å²) in [5.74, 6) is 0. The van der Waals surface area contributed by atoms with Gasteiger partial charge in [0.05, 0.1) is 6.10 Å². The van der Waals surface area contributed by atoms with Gasteiger partial charge in [0, 0.05) is 50.5 Å². The molecule has 2 aliphatic carbocycles. The first-order valence-electron chi connectivity index (χ1n) is 9.48. The summed E-state index contributed by atoms with van der Waals surface area (Å²) in [5, 5.41) is 0. The van der Waals surface area contributed by atoms with Crippen LogP contribution in [0.2, 0.25) is 0 Å². The Morgan fingerprint density at radius 3 is 2.56 bits per heavy atom. The maximum atomic E-state index is 12.4. The van der Waals surface area contributed by atoms with Gasteiger partial charge in [0.25, 0.3) is 5.56 Å². The lowest BCUT2D eigenvalue weighted by Crippen LogP contribution is -2.64. The molecule has 2 aliphatic rings. The summed E-state index contributed by atoms with van der Waals surface area (Å²) in [5.41, 5.74) is 0.459. The summed E-state index contributed by atoms with van der Waals surface area (Å²) in [6, 6.07) is 0.450. The maximum Gasteiger partial charge on any atom is 0.330 e. The molecule has 0 amide bonds. The molecule has 1 aromatic heterocycles. The van der Waals surface area contributed by atoms with Crippen LogP contribution in [0.5, 0.6) is 0 Å². The Hall–Kier alpha value is -1.40. The van der Waals surface area contributed by atoms with Crippen LogP contribution in [0.3, 0.4) is 0 Å². The number of aromatic nitrogens is 2. The third kappa shape index (κ3) is 3.10. The molecule has 0 radical (unpaired) electrons. The van der Waals surface area contributed by atoms with Gasteiger partial charge in [0.15, 0.2) is 0 Å². The molecule has 3 rings (SSSR count). The van der Waals surface area contributed by atoms with E-state index in [-0.39, 0.29) is 16.7 Å². The highest BCUT2D eigenvalue weighted by Gasteiger charge is 2.56. The zero-order chi connectivity index (χ0) is 18.2. The first-order valence-corrected chi connectivity index (χ1v) is 9.48. The van der Waals surface area contributed by atoms with Gasteiger partial charge >= 0.3 is 5.69 Å². The highest BCUT2D eigenvalue weighted by molar-refractivity contribution is 5.12. The van der Waals surface area contributed by atoms with Crippen molar-refractivity contribution in [3.63, 3.8) is 0 Å². The molecule has 140 valence electrons. The standard InChI is InChI=1S/C19H31N3O3/c1-5-25-16-11-15(19(16)9-7-6-8-10-19)20(2)12-14-13-21(3)18(24)22(4)17(14)23/h13,15-16H,5-12H2,1-4H3/t15-,16-/m0/s1. The summed E-state index contributed by atoms with van der Waals surface area (Å²) in [4.78, 5) is 26.6. The minimum Gasteiger partial charge on any atom is -0.378 e. The van der Waals surface area contributed by atoms with Crippen molar-refractivity contribution >= 4 is 0 Å². The first-order chi connectivity index (χ1) is 11.9. The highest BCUT2D eigenvalue weighted by atomic mass is 16.5. The Labute approximate surface area is 149 Å². The van der Waals surface area contributed by atoms with Crippen molar-refractivity contribution in [2.24, 2.45) is 19.5 Å². The van der Waals surface area contributed by atoms with Crippen molar-refractivity contribution in [3.8, 4) is 0 Å². The monoisotopic (exact) mass is 349 g/mol. The minimum atomic E-state index is -0.278. The molecule has 2 atom stereocenters. The molecule has 1 spiro atoms. The molecule has 6 heteroatoms. The molecule has 2 fully saturated rings. The minimum absolute atomic E-state index is 0.187. The van der Waals surface area contributed by atoms with E-state index < -0.39 is 0 Å². The lowest BCUT2D eigenvalue weighted by molar-refractivity contribution is -0.180. The van der Waals surface area contributed by atoms with Crippen LogP contribution in [0.15, 0.2) is 15.8 Å². The van der Waals surface area contributed by atoms with Gasteiger partial charge in [-0.05, 0) is 33.2 Å². The van der Waals surface area contributed by atoms with Crippen molar-refractivity contribution in [1.82, 2.24) is 14.0 Å². The second kappa shape index (κ2) is 7.08. The van der Waals surface area contributed by atoms with Gasteiger partial charge in [-0.1, -0.05) is 19.3 Å². The summed E-state index contributed by atoms with van der Waals surface area (Å²) < 4.78 is 8.73. The van der Waals surface area contributed by atoms with Crippen LogP contribution in [0, 0.1) is 5.41 Å². The van der Waals surface area contributed by atoms with Gasteiger partial charge in [0.1, 0.15) is 0 Å². The normalized spacial score (nSPS) is 25.3. The van der Waals surface area contributed by atoms with E-state index in [0.717, 1.165) is 13.0 Å². The Balaban J connectivity index is 1.81. The largest absolute Gasteiger partial charge is 0.378 e.